The Bertz CT molecular complexity index is 883. The summed E-state index contributed by atoms with van der Waals surface area (Å²) in [5.41, 5.74) is 1.26. The zero-order valence-electron chi connectivity index (χ0n) is 17.3. The molecule has 1 amide bonds. The first-order chi connectivity index (χ1) is 14.2. The van der Waals surface area contributed by atoms with Gasteiger partial charge in [-0.05, 0) is 63.6 Å². The van der Waals surface area contributed by atoms with Crippen molar-refractivity contribution in [2.24, 2.45) is 0 Å². The van der Waals surface area contributed by atoms with E-state index in [0.29, 0.717) is 12.6 Å². The summed E-state index contributed by atoms with van der Waals surface area (Å²) in [6, 6.07) is 1.26. The van der Waals surface area contributed by atoms with E-state index in [4.69, 9.17) is 0 Å². The molecular formula is C22H31N5OS. The Balaban J connectivity index is 1.31. The Hall–Kier alpha value is -1.73. The zero-order valence-corrected chi connectivity index (χ0v) is 18.1. The Labute approximate surface area is 176 Å². The van der Waals surface area contributed by atoms with Crippen molar-refractivity contribution >= 4 is 33.3 Å². The van der Waals surface area contributed by atoms with E-state index in [1.807, 2.05) is 4.90 Å². The molecule has 29 heavy (non-hydrogen) atoms. The Kier molecular flexibility index (Phi) is 5.43. The first kappa shape index (κ1) is 19.2. The summed E-state index contributed by atoms with van der Waals surface area (Å²) < 4.78 is 0. The predicted octanol–water partition coefficient (Wildman–Crippen LogP) is 3.80. The number of hydrogen-bond acceptors (Lipinski definition) is 6. The van der Waals surface area contributed by atoms with Gasteiger partial charge in [-0.25, -0.2) is 9.97 Å². The molecule has 0 spiro atoms. The molecular weight excluding hydrogens is 382 g/mol. The van der Waals surface area contributed by atoms with Crippen LogP contribution in [0.1, 0.15) is 62.3 Å². The fraction of sp³-hybridized carbons (Fsp3) is 0.682. The van der Waals surface area contributed by atoms with Crippen LogP contribution in [-0.2, 0) is 17.8 Å². The lowest BCUT2D eigenvalue weighted by molar-refractivity contribution is -0.129. The summed E-state index contributed by atoms with van der Waals surface area (Å²) in [6.07, 6.45) is 11.7. The van der Waals surface area contributed by atoms with E-state index >= 15 is 0 Å². The smallest absolute Gasteiger partial charge is 0.219 e. The van der Waals surface area contributed by atoms with Crippen molar-refractivity contribution < 1.29 is 4.79 Å². The molecule has 0 unspecified atom stereocenters. The summed E-state index contributed by atoms with van der Waals surface area (Å²) in [5.74, 6) is 1.12. The molecule has 156 valence electrons. The molecule has 0 bridgehead atoms. The number of piperidine rings is 1. The number of anilines is 1. The number of hydrogen-bond donors (Lipinski definition) is 1. The monoisotopic (exact) mass is 413 g/mol. The van der Waals surface area contributed by atoms with Crippen LogP contribution < -0.4 is 5.32 Å². The normalized spacial score (nSPS) is 25.8. The summed E-state index contributed by atoms with van der Waals surface area (Å²) in [5, 5.41) is 4.91. The van der Waals surface area contributed by atoms with E-state index in [-0.39, 0.29) is 5.91 Å². The fourth-order valence-electron chi connectivity index (χ4n) is 5.35. The quantitative estimate of drug-likeness (QED) is 0.829. The summed E-state index contributed by atoms with van der Waals surface area (Å²) in [7, 11) is 0. The maximum Gasteiger partial charge on any atom is 0.219 e. The Morgan fingerprint density at radius 1 is 1.10 bits per heavy atom. The molecule has 2 fully saturated rings. The third-order valence-corrected chi connectivity index (χ3v) is 8.22. The molecule has 0 radical (unpaired) electrons. The highest BCUT2D eigenvalue weighted by molar-refractivity contribution is 7.19. The average molecular weight is 414 g/mol. The molecule has 1 saturated heterocycles. The van der Waals surface area contributed by atoms with Gasteiger partial charge in [0.1, 0.15) is 17.0 Å². The van der Waals surface area contributed by atoms with Crippen molar-refractivity contribution in [2.45, 2.75) is 76.9 Å². The number of fused-ring (bicyclic) bond motifs is 3. The second-order valence-electron chi connectivity index (χ2n) is 8.84. The molecule has 6 nitrogen and oxygen atoms in total. The molecule has 1 aliphatic carbocycles. The lowest BCUT2D eigenvalue weighted by Gasteiger charge is -2.39. The van der Waals surface area contributed by atoms with Crippen LogP contribution in [0.4, 0.5) is 5.82 Å². The topological polar surface area (TPSA) is 61.4 Å². The van der Waals surface area contributed by atoms with Gasteiger partial charge < -0.3 is 15.1 Å². The number of carbonyl (C=O) groups is 1. The van der Waals surface area contributed by atoms with Gasteiger partial charge in [-0.3, -0.25) is 4.79 Å². The molecule has 2 aliphatic heterocycles. The summed E-state index contributed by atoms with van der Waals surface area (Å²) in [6.45, 7) is 5.75. The standard InChI is InChI=1S/C22H31N5OS/c1-15(28)27-12-9-19-18(13-27)20-21(23-14-24-22(20)29-19)25-16-5-7-17(8-6-16)26-10-3-2-4-11-26/h14,16-17H,2-13H2,1H3,(H,23,24,25). The molecule has 0 aromatic carbocycles. The van der Waals surface area contributed by atoms with Crippen molar-refractivity contribution in [1.82, 2.24) is 19.8 Å². The number of carbonyl (C=O) groups excluding carboxylic acids is 1. The van der Waals surface area contributed by atoms with E-state index in [9.17, 15) is 4.79 Å². The molecule has 7 heteroatoms. The second-order valence-corrected chi connectivity index (χ2v) is 9.93. The number of nitrogens with zero attached hydrogens (tertiary/aromatic N) is 4. The van der Waals surface area contributed by atoms with Gasteiger partial charge in [0, 0.05) is 37.0 Å². The number of thiophene rings is 1. The molecule has 1 saturated carbocycles. The highest BCUT2D eigenvalue weighted by Crippen LogP contribution is 2.38. The number of rotatable bonds is 3. The van der Waals surface area contributed by atoms with Gasteiger partial charge >= 0.3 is 0 Å². The molecule has 2 aromatic rings. The van der Waals surface area contributed by atoms with Crippen LogP contribution in [0, 0.1) is 0 Å². The first-order valence-electron chi connectivity index (χ1n) is 11.2. The van der Waals surface area contributed by atoms with Gasteiger partial charge in [0.2, 0.25) is 5.91 Å². The fourth-order valence-corrected chi connectivity index (χ4v) is 6.49. The highest BCUT2D eigenvalue weighted by Gasteiger charge is 2.29. The minimum Gasteiger partial charge on any atom is -0.367 e. The Morgan fingerprint density at radius 3 is 2.66 bits per heavy atom. The molecule has 2 aromatic heterocycles. The van der Waals surface area contributed by atoms with Crippen LogP contribution in [-0.4, -0.2) is 57.4 Å². The number of amides is 1. The van der Waals surface area contributed by atoms with Gasteiger partial charge in [-0.2, -0.15) is 0 Å². The van der Waals surface area contributed by atoms with E-state index in [1.54, 1.807) is 24.6 Å². The number of nitrogens with one attached hydrogen (secondary N) is 1. The van der Waals surface area contributed by atoms with Crippen molar-refractivity contribution in [3.05, 3.63) is 16.8 Å². The third-order valence-electron chi connectivity index (χ3n) is 7.02. The predicted molar refractivity (Wildman–Crippen MR) is 117 cm³/mol. The van der Waals surface area contributed by atoms with Gasteiger partial charge in [0.25, 0.3) is 0 Å². The first-order valence-corrected chi connectivity index (χ1v) is 12.0. The van der Waals surface area contributed by atoms with Crippen LogP contribution in [0.15, 0.2) is 6.33 Å². The SMILES string of the molecule is CC(=O)N1CCc2sc3ncnc(NC4CCC(N5CCCCC5)CC4)c3c2C1. The van der Waals surface area contributed by atoms with Crippen LogP contribution in [0.25, 0.3) is 10.2 Å². The van der Waals surface area contributed by atoms with Crippen LogP contribution in [0.5, 0.6) is 0 Å². The van der Waals surface area contributed by atoms with E-state index in [0.717, 1.165) is 35.0 Å². The largest absolute Gasteiger partial charge is 0.367 e. The van der Waals surface area contributed by atoms with E-state index in [2.05, 4.69) is 20.2 Å². The van der Waals surface area contributed by atoms with Crippen molar-refractivity contribution in [3.63, 3.8) is 0 Å². The maximum absolute atomic E-state index is 11.9. The van der Waals surface area contributed by atoms with E-state index in [1.165, 1.54) is 68.5 Å². The van der Waals surface area contributed by atoms with Crippen molar-refractivity contribution in [3.8, 4) is 0 Å². The van der Waals surface area contributed by atoms with Crippen molar-refractivity contribution in [1.29, 1.82) is 0 Å². The third kappa shape index (κ3) is 3.87. The molecule has 0 atom stereocenters. The molecule has 3 aliphatic rings. The average Bonchev–Trinajstić information content (AvgIpc) is 3.13. The second kappa shape index (κ2) is 8.19. The van der Waals surface area contributed by atoms with Gasteiger partial charge in [-0.15, -0.1) is 11.3 Å². The number of aromatic nitrogens is 2. The molecule has 5 rings (SSSR count). The van der Waals surface area contributed by atoms with Crippen molar-refractivity contribution in [2.75, 3.05) is 25.0 Å². The molecule has 4 heterocycles. The van der Waals surface area contributed by atoms with Gasteiger partial charge in [-0.1, -0.05) is 6.42 Å². The van der Waals surface area contributed by atoms with Crippen LogP contribution >= 0.6 is 11.3 Å². The lowest BCUT2D eigenvalue weighted by Crippen LogP contribution is -2.43. The molecule has 1 N–H and O–H groups in total. The summed E-state index contributed by atoms with van der Waals surface area (Å²) in [4.78, 5) is 28.2. The minimum atomic E-state index is 0.150. The number of likely N-dealkylation sites (tertiary alicyclic amines) is 1. The van der Waals surface area contributed by atoms with Gasteiger partial charge in [0.15, 0.2) is 0 Å². The van der Waals surface area contributed by atoms with Crippen LogP contribution in [0.2, 0.25) is 0 Å². The van der Waals surface area contributed by atoms with Crippen LogP contribution in [0.3, 0.4) is 0 Å². The van der Waals surface area contributed by atoms with E-state index < -0.39 is 0 Å². The Morgan fingerprint density at radius 2 is 1.90 bits per heavy atom. The highest BCUT2D eigenvalue weighted by atomic mass is 32.1. The summed E-state index contributed by atoms with van der Waals surface area (Å²) >= 11 is 1.77. The minimum absolute atomic E-state index is 0.150. The van der Waals surface area contributed by atoms with Gasteiger partial charge in [0.05, 0.1) is 5.39 Å². The zero-order chi connectivity index (χ0) is 19.8. The lowest BCUT2D eigenvalue weighted by atomic mass is 9.89. The maximum atomic E-state index is 11.9.